The van der Waals surface area contributed by atoms with Gasteiger partial charge in [0.2, 0.25) is 0 Å². The normalized spacial score (nSPS) is 33.8. The van der Waals surface area contributed by atoms with Gasteiger partial charge < -0.3 is 10.1 Å². The zero-order valence-electron chi connectivity index (χ0n) is 12.8. The van der Waals surface area contributed by atoms with Crippen molar-refractivity contribution >= 4 is 0 Å². The maximum atomic E-state index is 5.81. The molecule has 0 saturated carbocycles. The van der Waals surface area contributed by atoms with Crippen LogP contribution in [0.3, 0.4) is 0 Å². The van der Waals surface area contributed by atoms with E-state index in [4.69, 9.17) is 4.74 Å². The molecule has 0 aliphatic carbocycles. The maximum Gasteiger partial charge on any atom is 0.0703 e. The zero-order valence-corrected chi connectivity index (χ0v) is 12.8. The van der Waals surface area contributed by atoms with Crippen LogP contribution in [-0.2, 0) is 4.74 Å². The van der Waals surface area contributed by atoms with E-state index in [1.165, 1.54) is 12.8 Å². The molecule has 2 fully saturated rings. The van der Waals surface area contributed by atoms with Crippen molar-refractivity contribution in [1.82, 2.24) is 10.2 Å². The molecule has 3 heteroatoms. The molecule has 0 aromatic rings. The second-order valence-electron chi connectivity index (χ2n) is 7.65. The Hall–Kier alpha value is -0.120. The molecule has 0 aromatic carbocycles. The Kier molecular flexibility index (Phi) is 4.05. The fourth-order valence-electron chi connectivity index (χ4n) is 2.95. The lowest BCUT2D eigenvalue weighted by molar-refractivity contribution is -0.00728. The minimum absolute atomic E-state index is 0.244. The Labute approximate surface area is 112 Å². The zero-order chi connectivity index (χ0) is 13.4. The fraction of sp³-hybridized carbons (Fsp3) is 1.00. The number of rotatable bonds is 2. The summed E-state index contributed by atoms with van der Waals surface area (Å²) in [4.78, 5) is 2.63. The van der Waals surface area contributed by atoms with Crippen molar-refractivity contribution in [3.63, 3.8) is 0 Å². The van der Waals surface area contributed by atoms with E-state index in [1.54, 1.807) is 0 Å². The first-order valence-electron chi connectivity index (χ1n) is 7.39. The van der Waals surface area contributed by atoms with Crippen LogP contribution in [0.5, 0.6) is 0 Å². The highest BCUT2D eigenvalue weighted by molar-refractivity contribution is 4.97. The summed E-state index contributed by atoms with van der Waals surface area (Å²) in [6, 6.07) is 0.576. The molecule has 2 unspecified atom stereocenters. The van der Waals surface area contributed by atoms with Gasteiger partial charge >= 0.3 is 0 Å². The monoisotopic (exact) mass is 254 g/mol. The Balaban J connectivity index is 1.99. The number of hydrogen-bond acceptors (Lipinski definition) is 3. The SMILES string of the molecule is CC(C)(C)C1CN(CC2CCCO2)C(C)(C)CN1. The summed E-state index contributed by atoms with van der Waals surface area (Å²) in [5, 5.41) is 3.72. The van der Waals surface area contributed by atoms with Crippen LogP contribution >= 0.6 is 0 Å². The van der Waals surface area contributed by atoms with E-state index in [1.807, 2.05) is 0 Å². The molecule has 0 radical (unpaired) electrons. The number of nitrogens with one attached hydrogen (secondary N) is 1. The van der Waals surface area contributed by atoms with Crippen LogP contribution in [0.15, 0.2) is 0 Å². The topological polar surface area (TPSA) is 24.5 Å². The smallest absolute Gasteiger partial charge is 0.0703 e. The van der Waals surface area contributed by atoms with Crippen molar-refractivity contribution in [3.05, 3.63) is 0 Å². The van der Waals surface area contributed by atoms with Crippen molar-refractivity contribution in [3.8, 4) is 0 Å². The quantitative estimate of drug-likeness (QED) is 0.818. The minimum Gasteiger partial charge on any atom is -0.377 e. The highest BCUT2D eigenvalue weighted by Crippen LogP contribution is 2.28. The van der Waals surface area contributed by atoms with Crippen LogP contribution in [0.2, 0.25) is 0 Å². The summed E-state index contributed by atoms with van der Waals surface area (Å²) in [7, 11) is 0. The number of piperazine rings is 1. The van der Waals surface area contributed by atoms with Gasteiger partial charge in [-0.1, -0.05) is 20.8 Å². The average molecular weight is 254 g/mol. The van der Waals surface area contributed by atoms with Crippen LogP contribution in [-0.4, -0.2) is 48.8 Å². The van der Waals surface area contributed by atoms with Crippen LogP contribution in [0.4, 0.5) is 0 Å². The molecular weight excluding hydrogens is 224 g/mol. The van der Waals surface area contributed by atoms with Gasteiger partial charge in [-0.25, -0.2) is 0 Å². The van der Waals surface area contributed by atoms with Gasteiger partial charge in [0.1, 0.15) is 0 Å². The lowest BCUT2D eigenvalue weighted by Gasteiger charge is -2.50. The number of nitrogens with zero attached hydrogens (tertiary/aromatic N) is 1. The third-order valence-electron chi connectivity index (χ3n) is 4.53. The highest BCUT2D eigenvalue weighted by Gasteiger charge is 2.39. The summed E-state index contributed by atoms with van der Waals surface area (Å²) < 4.78 is 5.81. The number of ether oxygens (including phenoxy) is 1. The molecule has 2 heterocycles. The second-order valence-corrected chi connectivity index (χ2v) is 7.65. The van der Waals surface area contributed by atoms with E-state index >= 15 is 0 Å². The summed E-state index contributed by atoms with van der Waals surface area (Å²) in [6.45, 7) is 15.9. The highest BCUT2D eigenvalue weighted by atomic mass is 16.5. The summed E-state index contributed by atoms with van der Waals surface area (Å²) >= 11 is 0. The molecule has 0 aromatic heterocycles. The van der Waals surface area contributed by atoms with Gasteiger partial charge in [0, 0.05) is 37.8 Å². The summed E-state index contributed by atoms with van der Waals surface area (Å²) in [5.41, 5.74) is 0.568. The van der Waals surface area contributed by atoms with Gasteiger partial charge in [0.05, 0.1) is 6.10 Å². The van der Waals surface area contributed by atoms with Gasteiger partial charge in [0.25, 0.3) is 0 Å². The Bertz CT molecular complexity index is 277. The third kappa shape index (κ3) is 3.25. The Morgan fingerprint density at radius 3 is 2.61 bits per heavy atom. The second kappa shape index (κ2) is 5.10. The lowest BCUT2D eigenvalue weighted by Crippen LogP contribution is -2.65. The van der Waals surface area contributed by atoms with Gasteiger partial charge in [0.15, 0.2) is 0 Å². The Morgan fingerprint density at radius 1 is 1.33 bits per heavy atom. The third-order valence-corrected chi connectivity index (χ3v) is 4.53. The predicted octanol–water partition coefficient (Wildman–Crippen LogP) is 2.26. The lowest BCUT2D eigenvalue weighted by atomic mass is 9.82. The molecule has 2 rings (SSSR count). The van der Waals surface area contributed by atoms with Crippen molar-refractivity contribution in [2.24, 2.45) is 5.41 Å². The Morgan fingerprint density at radius 2 is 2.06 bits per heavy atom. The van der Waals surface area contributed by atoms with E-state index in [-0.39, 0.29) is 5.54 Å². The predicted molar refractivity (Wildman–Crippen MR) is 75.9 cm³/mol. The summed E-state index contributed by atoms with van der Waals surface area (Å²) in [5.74, 6) is 0. The maximum absolute atomic E-state index is 5.81. The number of hydrogen-bond donors (Lipinski definition) is 1. The molecule has 2 aliphatic rings. The van der Waals surface area contributed by atoms with E-state index in [0.29, 0.717) is 17.6 Å². The van der Waals surface area contributed by atoms with Gasteiger partial charge in [-0.3, -0.25) is 4.90 Å². The molecule has 0 spiro atoms. The van der Waals surface area contributed by atoms with E-state index in [0.717, 1.165) is 26.2 Å². The first-order valence-corrected chi connectivity index (χ1v) is 7.39. The van der Waals surface area contributed by atoms with Crippen molar-refractivity contribution in [2.45, 2.75) is 65.1 Å². The van der Waals surface area contributed by atoms with Crippen LogP contribution in [0.1, 0.15) is 47.5 Å². The molecule has 106 valence electrons. The molecular formula is C15H30N2O. The fourth-order valence-corrected chi connectivity index (χ4v) is 2.95. The van der Waals surface area contributed by atoms with Gasteiger partial charge in [-0.15, -0.1) is 0 Å². The molecule has 18 heavy (non-hydrogen) atoms. The first kappa shape index (κ1) is 14.3. The molecule has 2 atom stereocenters. The average Bonchev–Trinajstić information content (AvgIpc) is 2.72. The first-order chi connectivity index (χ1) is 8.29. The molecule has 2 saturated heterocycles. The van der Waals surface area contributed by atoms with Crippen LogP contribution in [0.25, 0.3) is 0 Å². The van der Waals surface area contributed by atoms with E-state index in [9.17, 15) is 0 Å². The molecule has 0 bridgehead atoms. The molecule has 2 aliphatic heterocycles. The van der Waals surface area contributed by atoms with Crippen LogP contribution in [0, 0.1) is 5.41 Å². The molecule has 0 amide bonds. The van der Waals surface area contributed by atoms with Gasteiger partial charge in [-0.05, 0) is 32.1 Å². The molecule has 1 N–H and O–H groups in total. The van der Waals surface area contributed by atoms with Crippen molar-refractivity contribution in [1.29, 1.82) is 0 Å². The minimum atomic E-state index is 0.244. The molecule has 3 nitrogen and oxygen atoms in total. The largest absolute Gasteiger partial charge is 0.377 e. The van der Waals surface area contributed by atoms with E-state index in [2.05, 4.69) is 44.8 Å². The van der Waals surface area contributed by atoms with Gasteiger partial charge in [-0.2, -0.15) is 0 Å². The summed E-state index contributed by atoms with van der Waals surface area (Å²) in [6.07, 6.45) is 2.93. The van der Waals surface area contributed by atoms with E-state index < -0.39 is 0 Å². The standard InChI is InChI=1S/C15H30N2O/c1-14(2,3)13-10-17(15(4,5)11-16-13)9-12-7-6-8-18-12/h12-13,16H,6-11H2,1-5H3. The van der Waals surface area contributed by atoms with Crippen molar-refractivity contribution in [2.75, 3.05) is 26.2 Å². The van der Waals surface area contributed by atoms with Crippen LogP contribution < -0.4 is 5.32 Å². The van der Waals surface area contributed by atoms with Crippen molar-refractivity contribution < 1.29 is 4.74 Å².